The van der Waals surface area contributed by atoms with Crippen LogP contribution in [0, 0.1) is 0 Å². The van der Waals surface area contributed by atoms with E-state index in [0.29, 0.717) is 25.2 Å². The number of hydrogen-bond acceptors (Lipinski definition) is 4. The third-order valence-electron chi connectivity index (χ3n) is 5.54. The number of piperazine rings is 1. The maximum Gasteiger partial charge on any atom is 0.416 e. The van der Waals surface area contributed by atoms with Gasteiger partial charge in [0.25, 0.3) is 5.91 Å². The smallest absolute Gasteiger partial charge is 0.322 e. The molecule has 1 N–H and O–H groups in total. The first-order valence-electron chi connectivity index (χ1n) is 10.3. The minimum atomic E-state index is -4.54. The highest BCUT2D eigenvalue weighted by Gasteiger charge is 2.34. The van der Waals surface area contributed by atoms with Crippen LogP contribution in [0.25, 0.3) is 10.4 Å². The average Bonchev–Trinajstić information content (AvgIpc) is 2.75. The van der Waals surface area contributed by atoms with Crippen LogP contribution in [0.1, 0.15) is 34.0 Å². The molecule has 170 valence electrons. The van der Waals surface area contributed by atoms with Crippen LogP contribution in [0.4, 0.5) is 24.5 Å². The molecule has 1 saturated heterocycles. The number of likely N-dealkylation sites (N-methyl/N-ethyl adjacent to an activating group) is 1. The van der Waals surface area contributed by atoms with Crippen LogP contribution in [0.15, 0.2) is 41.5 Å². The molecule has 0 saturated carbocycles. The molecule has 1 heterocycles. The lowest BCUT2D eigenvalue weighted by atomic mass is 10.0. The van der Waals surface area contributed by atoms with E-state index >= 15 is 0 Å². The molecule has 0 aliphatic carbocycles. The van der Waals surface area contributed by atoms with Crippen molar-refractivity contribution < 1.29 is 18.0 Å². The zero-order chi connectivity index (χ0) is 23.3. The second-order valence-electron chi connectivity index (χ2n) is 7.79. The highest BCUT2D eigenvalue weighted by molar-refractivity contribution is 6.04. The third-order valence-corrected chi connectivity index (χ3v) is 5.54. The van der Waals surface area contributed by atoms with Gasteiger partial charge in [-0.05, 0) is 54.4 Å². The Bertz CT molecular complexity index is 1020. The Labute approximate surface area is 184 Å². The fourth-order valence-corrected chi connectivity index (χ4v) is 3.65. The van der Waals surface area contributed by atoms with E-state index in [4.69, 9.17) is 5.53 Å². The molecule has 2 aromatic rings. The van der Waals surface area contributed by atoms with Crippen LogP contribution in [0.2, 0.25) is 0 Å². The molecule has 0 aromatic heterocycles. The van der Waals surface area contributed by atoms with Gasteiger partial charge in [0.1, 0.15) is 0 Å². The van der Waals surface area contributed by atoms with Crippen molar-refractivity contribution in [3.05, 3.63) is 69.1 Å². The summed E-state index contributed by atoms with van der Waals surface area (Å²) in [5, 5.41) is 6.11. The summed E-state index contributed by atoms with van der Waals surface area (Å²) in [6, 6.07) is 8.52. The van der Waals surface area contributed by atoms with Crippen LogP contribution in [-0.4, -0.2) is 48.9 Å². The van der Waals surface area contributed by atoms with Gasteiger partial charge in [0, 0.05) is 54.6 Å². The number of carbonyl (C=O) groups is 1. The average molecular weight is 446 g/mol. The number of hydrogen-bond donors (Lipinski definition) is 1. The molecule has 0 bridgehead atoms. The molecule has 0 unspecified atom stereocenters. The summed E-state index contributed by atoms with van der Waals surface area (Å²) in [5.74, 6) is -0.581. The van der Waals surface area contributed by atoms with Crippen LogP contribution < -0.4 is 5.32 Å². The first-order valence-corrected chi connectivity index (χ1v) is 10.3. The van der Waals surface area contributed by atoms with Crippen LogP contribution in [0.3, 0.4) is 0 Å². The first kappa shape index (κ1) is 23.6. The Morgan fingerprint density at radius 3 is 2.44 bits per heavy atom. The molecule has 10 heteroatoms. The van der Waals surface area contributed by atoms with Crippen molar-refractivity contribution >= 4 is 17.3 Å². The molecule has 0 atom stereocenters. The van der Waals surface area contributed by atoms with Gasteiger partial charge >= 0.3 is 6.18 Å². The number of carbonyl (C=O) groups excluding carboxylic acids is 1. The molecule has 32 heavy (non-hydrogen) atoms. The van der Waals surface area contributed by atoms with Crippen LogP contribution in [0.5, 0.6) is 0 Å². The quantitative estimate of drug-likeness (QED) is 0.376. The molecule has 1 aliphatic rings. The predicted molar refractivity (Wildman–Crippen MR) is 117 cm³/mol. The van der Waals surface area contributed by atoms with Gasteiger partial charge in [-0.3, -0.25) is 9.69 Å². The highest BCUT2D eigenvalue weighted by Crippen LogP contribution is 2.35. The molecule has 2 aromatic carbocycles. The van der Waals surface area contributed by atoms with Gasteiger partial charge in [-0.1, -0.05) is 24.2 Å². The maximum absolute atomic E-state index is 13.7. The van der Waals surface area contributed by atoms with Crippen molar-refractivity contribution in [2.75, 3.05) is 38.5 Å². The Kier molecular flexibility index (Phi) is 7.40. The molecule has 7 nitrogen and oxygen atoms in total. The monoisotopic (exact) mass is 446 g/mol. The molecular formula is C22H25F3N6O. The number of azide groups is 1. The van der Waals surface area contributed by atoms with Gasteiger partial charge < -0.3 is 10.2 Å². The number of benzene rings is 2. The molecule has 1 amide bonds. The van der Waals surface area contributed by atoms with E-state index in [-0.39, 0.29) is 23.4 Å². The number of halogens is 3. The van der Waals surface area contributed by atoms with Crippen molar-refractivity contribution in [1.82, 2.24) is 9.80 Å². The lowest BCUT2D eigenvalue weighted by Gasteiger charge is -2.33. The summed E-state index contributed by atoms with van der Waals surface area (Å²) in [6.07, 6.45) is -3.93. The largest absolute Gasteiger partial charge is 0.416 e. The Hall–Kier alpha value is -3.07. The Balaban J connectivity index is 1.82. The highest BCUT2D eigenvalue weighted by atomic mass is 19.4. The number of anilines is 1. The molecule has 0 radical (unpaired) electrons. The van der Waals surface area contributed by atoms with Gasteiger partial charge in [-0.25, -0.2) is 0 Å². The van der Waals surface area contributed by atoms with E-state index < -0.39 is 17.6 Å². The standard InChI is InChI=1S/C22H25F3N6O/c1-3-15-4-5-16(12-20(15)28-29-26)21(32)27-18-7-6-17(19(13-18)22(23,24)25)14-31-10-8-30(2)9-11-31/h4-7,12-13H,3,8-11,14H2,1-2H3,(H,27,32). The number of alkyl halides is 3. The van der Waals surface area contributed by atoms with E-state index in [1.165, 1.54) is 18.2 Å². The van der Waals surface area contributed by atoms with Gasteiger partial charge in [0.05, 0.1) is 5.56 Å². The molecule has 1 aliphatic heterocycles. The third kappa shape index (κ3) is 5.79. The summed E-state index contributed by atoms with van der Waals surface area (Å²) in [6.45, 7) is 5.11. The summed E-state index contributed by atoms with van der Waals surface area (Å²) < 4.78 is 41.2. The van der Waals surface area contributed by atoms with Crippen LogP contribution in [-0.2, 0) is 19.1 Å². The summed E-state index contributed by atoms with van der Waals surface area (Å²) in [4.78, 5) is 19.5. The number of rotatable bonds is 6. The van der Waals surface area contributed by atoms with Crippen molar-refractivity contribution in [3.8, 4) is 0 Å². The maximum atomic E-state index is 13.7. The van der Waals surface area contributed by atoms with Gasteiger partial charge in [-0.2, -0.15) is 13.2 Å². The van der Waals surface area contributed by atoms with Crippen molar-refractivity contribution in [1.29, 1.82) is 0 Å². The van der Waals surface area contributed by atoms with E-state index in [0.717, 1.165) is 24.7 Å². The van der Waals surface area contributed by atoms with Gasteiger partial charge in [-0.15, -0.1) is 0 Å². The topological polar surface area (TPSA) is 84.3 Å². The van der Waals surface area contributed by atoms with E-state index in [9.17, 15) is 18.0 Å². The fraction of sp³-hybridized carbons (Fsp3) is 0.409. The van der Waals surface area contributed by atoms with Gasteiger partial charge in [0.2, 0.25) is 0 Å². The minimum absolute atomic E-state index is 0.0503. The summed E-state index contributed by atoms with van der Waals surface area (Å²) in [7, 11) is 1.99. The lowest BCUT2D eigenvalue weighted by molar-refractivity contribution is -0.138. The van der Waals surface area contributed by atoms with Crippen LogP contribution >= 0.6 is 0 Å². The molecule has 0 spiro atoms. The van der Waals surface area contributed by atoms with Crippen molar-refractivity contribution in [2.45, 2.75) is 26.1 Å². The van der Waals surface area contributed by atoms with Crippen molar-refractivity contribution in [3.63, 3.8) is 0 Å². The second-order valence-corrected chi connectivity index (χ2v) is 7.79. The SMILES string of the molecule is CCc1ccc(C(=O)Nc2ccc(CN3CCN(C)CC3)c(C(F)(F)F)c2)cc1N=[N+]=[N-]. The number of aryl methyl sites for hydroxylation is 1. The number of nitrogens with one attached hydrogen (secondary N) is 1. The van der Waals surface area contributed by atoms with Crippen molar-refractivity contribution in [2.24, 2.45) is 5.11 Å². The molecule has 3 rings (SSSR count). The Morgan fingerprint density at radius 1 is 1.12 bits per heavy atom. The molecular weight excluding hydrogens is 421 g/mol. The number of nitrogens with zero attached hydrogens (tertiary/aromatic N) is 5. The van der Waals surface area contributed by atoms with Gasteiger partial charge in [0.15, 0.2) is 0 Å². The Morgan fingerprint density at radius 2 is 1.81 bits per heavy atom. The summed E-state index contributed by atoms with van der Waals surface area (Å²) >= 11 is 0. The zero-order valence-corrected chi connectivity index (χ0v) is 18.0. The zero-order valence-electron chi connectivity index (χ0n) is 18.0. The predicted octanol–water partition coefficient (Wildman–Crippen LogP) is 5.21. The van der Waals surface area contributed by atoms with E-state index in [1.807, 2.05) is 18.9 Å². The van der Waals surface area contributed by atoms with E-state index in [1.54, 1.807) is 12.1 Å². The summed E-state index contributed by atoms with van der Waals surface area (Å²) in [5.41, 5.74) is 9.47. The molecule has 1 fully saturated rings. The lowest BCUT2D eigenvalue weighted by Crippen LogP contribution is -2.44. The second kappa shape index (κ2) is 10.0. The minimum Gasteiger partial charge on any atom is -0.322 e. The number of amides is 1. The first-order chi connectivity index (χ1) is 15.2. The normalized spacial score (nSPS) is 15.3. The fourth-order valence-electron chi connectivity index (χ4n) is 3.65. The van der Waals surface area contributed by atoms with E-state index in [2.05, 4.69) is 20.2 Å².